The van der Waals surface area contributed by atoms with Crippen molar-refractivity contribution in [3.05, 3.63) is 71.7 Å². The van der Waals surface area contributed by atoms with Gasteiger partial charge in [0, 0.05) is 25.0 Å². The lowest BCUT2D eigenvalue weighted by molar-refractivity contribution is 0.0647. The van der Waals surface area contributed by atoms with Crippen molar-refractivity contribution in [2.24, 2.45) is 0 Å². The molecule has 4 aromatic rings. The second-order valence-corrected chi connectivity index (χ2v) is 9.15. The number of ether oxygens (including phenoxy) is 2. The normalized spacial score (nSPS) is 13.6. The lowest BCUT2D eigenvalue weighted by atomic mass is 9.98. The number of carbonyl (C=O) groups is 1. The van der Waals surface area contributed by atoms with Gasteiger partial charge >= 0.3 is 0 Å². The summed E-state index contributed by atoms with van der Waals surface area (Å²) >= 11 is 0. The first kappa shape index (κ1) is 24.7. The van der Waals surface area contributed by atoms with Gasteiger partial charge in [0.2, 0.25) is 0 Å². The third kappa shape index (κ3) is 5.26. The van der Waals surface area contributed by atoms with Crippen LogP contribution in [-0.2, 0) is 6.54 Å². The van der Waals surface area contributed by atoms with Crippen LogP contribution in [0.1, 0.15) is 21.5 Å². The summed E-state index contributed by atoms with van der Waals surface area (Å²) in [6, 6.07) is 13.4. The van der Waals surface area contributed by atoms with Crippen LogP contribution in [0.15, 0.2) is 55.0 Å². The Balaban J connectivity index is 1.41. The van der Waals surface area contributed by atoms with E-state index in [4.69, 9.17) is 14.6 Å². The molecular weight excluding hydrogens is 474 g/mol. The van der Waals surface area contributed by atoms with Crippen molar-refractivity contribution in [3.63, 3.8) is 0 Å². The van der Waals surface area contributed by atoms with Gasteiger partial charge in [0.05, 0.1) is 18.3 Å². The Bertz CT molecular complexity index is 1440. The molecule has 0 saturated carbocycles. The fourth-order valence-corrected chi connectivity index (χ4v) is 4.53. The summed E-state index contributed by atoms with van der Waals surface area (Å²) < 4.78 is 13.1. The van der Waals surface area contributed by atoms with Gasteiger partial charge in [0.25, 0.3) is 5.91 Å². The summed E-state index contributed by atoms with van der Waals surface area (Å²) in [6.07, 6.45) is 2.56. The highest BCUT2D eigenvalue weighted by atomic mass is 16.6. The number of nitrogens with zero attached hydrogens (tertiary/aromatic N) is 4. The van der Waals surface area contributed by atoms with Crippen LogP contribution in [0.25, 0.3) is 16.8 Å². The molecule has 2 aromatic heterocycles. The predicted octanol–water partition coefficient (Wildman–Crippen LogP) is 2.51. The van der Waals surface area contributed by atoms with E-state index in [1.807, 2.05) is 61.5 Å². The van der Waals surface area contributed by atoms with Crippen molar-refractivity contribution >= 4 is 17.2 Å². The molecule has 10 heteroatoms. The average Bonchev–Trinajstić information content (AvgIpc) is 3.37. The van der Waals surface area contributed by atoms with Gasteiger partial charge in [-0.2, -0.15) is 0 Å². The summed E-state index contributed by atoms with van der Waals surface area (Å²) in [6.45, 7) is 3.46. The number of benzene rings is 2. The van der Waals surface area contributed by atoms with E-state index in [1.165, 1.54) is 0 Å². The van der Waals surface area contributed by atoms with Gasteiger partial charge in [0.15, 0.2) is 17.1 Å². The predicted molar refractivity (Wildman–Crippen MR) is 138 cm³/mol. The number of carbonyl (C=O) groups excluding carboxylic acids is 1. The van der Waals surface area contributed by atoms with E-state index in [2.05, 4.69) is 15.5 Å². The number of nitrogens with one attached hydrogen (secondary N) is 1. The van der Waals surface area contributed by atoms with Crippen LogP contribution in [0.5, 0.6) is 11.5 Å². The van der Waals surface area contributed by atoms with Crippen molar-refractivity contribution in [3.8, 4) is 22.6 Å². The summed E-state index contributed by atoms with van der Waals surface area (Å²) in [4.78, 5) is 15.3. The number of hydrogen-bond acceptors (Lipinski definition) is 8. The zero-order valence-corrected chi connectivity index (χ0v) is 20.7. The van der Waals surface area contributed by atoms with E-state index in [-0.39, 0.29) is 12.5 Å². The second kappa shape index (κ2) is 10.6. The van der Waals surface area contributed by atoms with E-state index < -0.39 is 6.10 Å². The molecule has 0 aliphatic carbocycles. The second-order valence-electron chi connectivity index (χ2n) is 9.15. The molecule has 0 spiro atoms. The first-order valence-corrected chi connectivity index (χ1v) is 12.0. The SMILES string of the molecule is Cc1c(NC(=O)c2cc(CN(C)CC(O)CO)cn3cnnc23)cccc1-c1ccc2c(c1)OCCO2. The largest absolute Gasteiger partial charge is 0.486 e. The molecule has 2 aromatic carbocycles. The van der Waals surface area contributed by atoms with Crippen LogP contribution in [0.2, 0.25) is 0 Å². The fraction of sp³-hybridized carbons (Fsp3) is 0.296. The lowest BCUT2D eigenvalue weighted by Crippen LogP contribution is -2.31. The number of likely N-dealkylation sites (N-methyl/N-ethyl adjacent to an activating group) is 1. The molecule has 1 amide bonds. The fourth-order valence-electron chi connectivity index (χ4n) is 4.53. The average molecular weight is 504 g/mol. The molecule has 0 fully saturated rings. The molecular formula is C27H29N5O5. The Morgan fingerprint density at radius 3 is 2.81 bits per heavy atom. The minimum Gasteiger partial charge on any atom is -0.486 e. The molecule has 0 bridgehead atoms. The van der Waals surface area contributed by atoms with Crippen LogP contribution >= 0.6 is 0 Å². The Hall–Kier alpha value is -3.99. The molecule has 1 aliphatic rings. The minimum atomic E-state index is -0.837. The van der Waals surface area contributed by atoms with E-state index in [1.54, 1.807) is 16.8 Å². The minimum absolute atomic E-state index is 0.296. The molecule has 3 N–H and O–H groups in total. The number of aliphatic hydroxyl groups is 2. The quantitative estimate of drug-likeness (QED) is 0.335. The van der Waals surface area contributed by atoms with Gasteiger partial charge in [0.1, 0.15) is 19.5 Å². The number of rotatable bonds is 8. The molecule has 192 valence electrons. The number of pyridine rings is 1. The summed E-state index contributed by atoms with van der Waals surface area (Å²) in [5.41, 5.74) is 5.21. The Morgan fingerprint density at radius 1 is 1.19 bits per heavy atom. The zero-order chi connectivity index (χ0) is 25.9. The van der Waals surface area contributed by atoms with Crippen LogP contribution in [-0.4, -0.2) is 75.1 Å². The van der Waals surface area contributed by atoms with Crippen molar-refractivity contribution in [2.75, 3.05) is 38.7 Å². The first-order valence-electron chi connectivity index (χ1n) is 12.0. The molecule has 5 rings (SSSR count). The van der Waals surface area contributed by atoms with Gasteiger partial charge in [-0.25, -0.2) is 0 Å². The highest BCUT2D eigenvalue weighted by Gasteiger charge is 2.18. The highest BCUT2D eigenvalue weighted by molar-refractivity contribution is 6.09. The van der Waals surface area contributed by atoms with Crippen molar-refractivity contribution in [2.45, 2.75) is 19.6 Å². The van der Waals surface area contributed by atoms with Crippen LogP contribution in [0, 0.1) is 6.92 Å². The molecule has 1 atom stereocenters. The summed E-state index contributed by atoms with van der Waals surface area (Å²) in [7, 11) is 1.84. The zero-order valence-electron chi connectivity index (χ0n) is 20.7. The molecule has 10 nitrogen and oxygen atoms in total. The van der Waals surface area contributed by atoms with Gasteiger partial charge < -0.3 is 25.0 Å². The van der Waals surface area contributed by atoms with Gasteiger partial charge in [-0.15, -0.1) is 10.2 Å². The third-order valence-corrected chi connectivity index (χ3v) is 6.31. The number of aliphatic hydroxyl groups excluding tert-OH is 2. The smallest absolute Gasteiger partial charge is 0.259 e. The molecule has 1 unspecified atom stereocenters. The molecule has 3 heterocycles. The monoisotopic (exact) mass is 503 g/mol. The highest BCUT2D eigenvalue weighted by Crippen LogP contribution is 2.37. The lowest BCUT2D eigenvalue weighted by Gasteiger charge is -2.20. The topological polar surface area (TPSA) is 121 Å². The van der Waals surface area contributed by atoms with E-state index >= 15 is 0 Å². The van der Waals surface area contributed by atoms with Crippen molar-refractivity contribution < 1.29 is 24.5 Å². The van der Waals surface area contributed by atoms with Gasteiger partial charge in [-0.3, -0.25) is 14.1 Å². The molecule has 1 aliphatic heterocycles. The van der Waals surface area contributed by atoms with Crippen LogP contribution in [0.4, 0.5) is 5.69 Å². The van der Waals surface area contributed by atoms with E-state index in [0.29, 0.717) is 49.0 Å². The maximum absolute atomic E-state index is 13.5. The Kier molecular flexibility index (Phi) is 7.04. The number of amides is 1. The van der Waals surface area contributed by atoms with Crippen molar-refractivity contribution in [1.82, 2.24) is 19.5 Å². The van der Waals surface area contributed by atoms with Crippen molar-refractivity contribution in [1.29, 1.82) is 0 Å². The maximum atomic E-state index is 13.5. The van der Waals surface area contributed by atoms with Crippen LogP contribution < -0.4 is 14.8 Å². The standard InChI is InChI=1S/C27H29N5O5/c1-17-21(19-6-7-24-25(11-19)37-9-8-36-24)4-3-5-23(17)29-27(35)22-10-18(12-31(2)14-20(34)15-33)13-32-16-28-30-26(22)32/h3-7,10-11,13,16,20,33-34H,8-9,12,14-15H2,1-2H3,(H,29,35). The maximum Gasteiger partial charge on any atom is 0.259 e. The number of anilines is 1. The molecule has 37 heavy (non-hydrogen) atoms. The summed E-state index contributed by atoms with van der Waals surface area (Å²) in [5.74, 6) is 1.13. The number of fused-ring (bicyclic) bond motifs is 2. The van der Waals surface area contributed by atoms with Gasteiger partial charge in [-0.1, -0.05) is 18.2 Å². The molecule has 0 saturated heterocycles. The van der Waals surface area contributed by atoms with E-state index in [0.717, 1.165) is 28.0 Å². The van der Waals surface area contributed by atoms with E-state index in [9.17, 15) is 9.90 Å². The Morgan fingerprint density at radius 2 is 2.00 bits per heavy atom. The summed E-state index contributed by atoms with van der Waals surface area (Å²) in [5, 5.41) is 30.0. The van der Waals surface area contributed by atoms with Gasteiger partial charge in [-0.05, 0) is 60.5 Å². The van der Waals surface area contributed by atoms with Crippen LogP contribution in [0.3, 0.4) is 0 Å². The first-order chi connectivity index (χ1) is 17.9. The number of hydrogen-bond donors (Lipinski definition) is 3. The Labute approximate surface area is 214 Å². The number of aromatic nitrogens is 3. The third-order valence-electron chi connectivity index (χ3n) is 6.31. The molecule has 0 radical (unpaired) electrons.